The molecular formula is C10H10N4O2. The number of nitrogens with zero attached hydrogens (tertiary/aromatic N) is 3. The van der Waals surface area contributed by atoms with Crippen molar-refractivity contribution in [1.82, 2.24) is 14.8 Å². The maximum absolute atomic E-state index is 10.8. The first-order valence-corrected chi connectivity index (χ1v) is 4.59. The molecule has 0 saturated carbocycles. The average Bonchev–Trinajstić information content (AvgIpc) is 2.60. The minimum absolute atomic E-state index is 0.0247. The van der Waals surface area contributed by atoms with E-state index in [1.54, 1.807) is 12.3 Å². The Hall–Kier alpha value is -2.37. The van der Waals surface area contributed by atoms with Crippen LogP contribution in [0.4, 0.5) is 5.82 Å². The van der Waals surface area contributed by atoms with Crippen molar-refractivity contribution >= 4 is 11.8 Å². The van der Waals surface area contributed by atoms with Crippen LogP contribution in [0.25, 0.3) is 5.82 Å². The van der Waals surface area contributed by atoms with Gasteiger partial charge in [-0.15, -0.1) is 0 Å². The molecule has 2 rings (SSSR count). The lowest BCUT2D eigenvalue weighted by atomic mass is 10.3. The van der Waals surface area contributed by atoms with Crippen LogP contribution >= 0.6 is 0 Å². The van der Waals surface area contributed by atoms with Crippen molar-refractivity contribution in [2.75, 3.05) is 5.73 Å². The van der Waals surface area contributed by atoms with E-state index in [0.717, 1.165) is 5.56 Å². The Morgan fingerprint density at radius 2 is 2.31 bits per heavy atom. The molecule has 6 heteroatoms. The van der Waals surface area contributed by atoms with Gasteiger partial charge in [0.15, 0.2) is 5.82 Å². The SMILES string of the molecule is Cc1ccnc(-n2ncc(C(=O)O)c2N)c1. The standard InChI is InChI=1S/C10H10N4O2/c1-6-2-3-12-8(4-6)14-9(11)7(5-13-14)10(15)16/h2-5H,11H2,1H3,(H,15,16). The summed E-state index contributed by atoms with van der Waals surface area (Å²) < 4.78 is 1.30. The number of hydrogen-bond donors (Lipinski definition) is 2. The molecule has 0 radical (unpaired) electrons. The number of pyridine rings is 1. The summed E-state index contributed by atoms with van der Waals surface area (Å²) in [5, 5.41) is 12.7. The van der Waals surface area contributed by atoms with E-state index < -0.39 is 5.97 Å². The van der Waals surface area contributed by atoms with E-state index in [1.165, 1.54) is 10.9 Å². The molecule has 0 aromatic carbocycles. The summed E-state index contributed by atoms with van der Waals surface area (Å²) >= 11 is 0. The Balaban J connectivity index is 2.53. The van der Waals surface area contributed by atoms with Crippen molar-refractivity contribution in [1.29, 1.82) is 0 Å². The maximum Gasteiger partial charge on any atom is 0.341 e. The number of aryl methyl sites for hydroxylation is 1. The first kappa shape index (κ1) is 10.2. The number of carbonyl (C=O) groups is 1. The smallest absolute Gasteiger partial charge is 0.341 e. The molecule has 0 aliphatic rings. The fraction of sp³-hybridized carbons (Fsp3) is 0.100. The minimum Gasteiger partial charge on any atom is -0.477 e. The normalized spacial score (nSPS) is 10.3. The Bertz CT molecular complexity index is 548. The summed E-state index contributed by atoms with van der Waals surface area (Å²) in [6.45, 7) is 1.91. The minimum atomic E-state index is -1.10. The van der Waals surface area contributed by atoms with Gasteiger partial charge in [-0.3, -0.25) is 0 Å². The Labute approximate surface area is 91.3 Å². The Morgan fingerprint density at radius 1 is 1.56 bits per heavy atom. The zero-order valence-corrected chi connectivity index (χ0v) is 8.58. The number of carboxylic acids is 1. The number of aromatic carboxylic acids is 1. The number of carboxylic acid groups (broad SMARTS) is 1. The van der Waals surface area contributed by atoms with E-state index in [0.29, 0.717) is 5.82 Å². The van der Waals surface area contributed by atoms with Crippen molar-refractivity contribution in [3.05, 3.63) is 35.7 Å². The molecule has 0 bridgehead atoms. The average molecular weight is 218 g/mol. The Kier molecular flexibility index (Phi) is 2.32. The molecule has 0 amide bonds. The molecule has 0 unspecified atom stereocenters. The van der Waals surface area contributed by atoms with Gasteiger partial charge in [0.1, 0.15) is 11.4 Å². The molecule has 0 aliphatic heterocycles. The molecule has 2 heterocycles. The third-order valence-electron chi connectivity index (χ3n) is 2.15. The fourth-order valence-electron chi connectivity index (χ4n) is 1.34. The van der Waals surface area contributed by atoms with Crippen molar-refractivity contribution in [2.45, 2.75) is 6.92 Å². The second kappa shape index (κ2) is 3.65. The lowest BCUT2D eigenvalue weighted by Crippen LogP contribution is -2.07. The van der Waals surface area contributed by atoms with Gasteiger partial charge >= 0.3 is 5.97 Å². The maximum atomic E-state index is 10.8. The van der Waals surface area contributed by atoms with Gasteiger partial charge in [-0.2, -0.15) is 9.78 Å². The van der Waals surface area contributed by atoms with Gasteiger partial charge in [-0.25, -0.2) is 9.78 Å². The van der Waals surface area contributed by atoms with Crippen LogP contribution in [0.5, 0.6) is 0 Å². The predicted octanol–water partition coefficient (Wildman–Crippen LogP) is 0.856. The van der Waals surface area contributed by atoms with E-state index >= 15 is 0 Å². The molecule has 6 nitrogen and oxygen atoms in total. The van der Waals surface area contributed by atoms with E-state index in [2.05, 4.69) is 10.1 Å². The van der Waals surface area contributed by atoms with Crippen LogP contribution in [0.1, 0.15) is 15.9 Å². The van der Waals surface area contributed by atoms with Crippen LogP contribution < -0.4 is 5.73 Å². The lowest BCUT2D eigenvalue weighted by Gasteiger charge is -2.03. The molecular weight excluding hydrogens is 208 g/mol. The molecule has 0 aliphatic carbocycles. The van der Waals surface area contributed by atoms with Gasteiger partial charge in [0, 0.05) is 6.20 Å². The van der Waals surface area contributed by atoms with E-state index in [9.17, 15) is 4.79 Å². The summed E-state index contributed by atoms with van der Waals surface area (Å²) in [5.41, 5.74) is 6.64. The summed E-state index contributed by atoms with van der Waals surface area (Å²) in [7, 11) is 0. The molecule has 0 fully saturated rings. The zero-order chi connectivity index (χ0) is 11.7. The van der Waals surface area contributed by atoms with Crippen LogP contribution in [0, 0.1) is 6.92 Å². The van der Waals surface area contributed by atoms with Gasteiger partial charge in [0.2, 0.25) is 0 Å². The highest BCUT2D eigenvalue weighted by molar-refractivity contribution is 5.92. The summed E-state index contributed by atoms with van der Waals surface area (Å²) in [5.74, 6) is -0.521. The second-order valence-electron chi connectivity index (χ2n) is 3.35. The van der Waals surface area contributed by atoms with Crippen LogP contribution in [0.15, 0.2) is 24.5 Å². The molecule has 16 heavy (non-hydrogen) atoms. The number of nitrogen functional groups attached to an aromatic ring is 1. The van der Waals surface area contributed by atoms with Crippen LogP contribution in [0.3, 0.4) is 0 Å². The third kappa shape index (κ3) is 1.60. The Morgan fingerprint density at radius 3 is 2.88 bits per heavy atom. The predicted molar refractivity (Wildman–Crippen MR) is 57.5 cm³/mol. The molecule has 0 spiro atoms. The summed E-state index contributed by atoms with van der Waals surface area (Å²) in [4.78, 5) is 14.9. The number of aromatic nitrogens is 3. The highest BCUT2D eigenvalue weighted by atomic mass is 16.4. The van der Waals surface area contributed by atoms with Crippen LogP contribution in [-0.4, -0.2) is 25.8 Å². The summed E-state index contributed by atoms with van der Waals surface area (Å²) in [6.07, 6.45) is 2.83. The molecule has 82 valence electrons. The van der Waals surface area contributed by atoms with Crippen molar-refractivity contribution in [3.8, 4) is 5.82 Å². The van der Waals surface area contributed by atoms with Crippen molar-refractivity contribution in [2.24, 2.45) is 0 Å². The largest absolute Gasteiger partial charge is 0.477 e. The van der Waals surface area contributed by atoms with Crippen LogP contribution in [0.2, 0.25) is 0 Å². The van der Waals surface area contributed by atoms with Gasteiger partial charge in [0.25, 0.3) is 0 Å². The van der Waals surface area contributed by atoms with Crippen molar-refractivity contribution in [3.63, 3.8) is 0 Å². The van der Waals surface area contributed by atoms with Gasteiger partial charge < -0.3 is 10.8 Å². The molecule has 0 saturated heterocycles. The lowest BCUT2D eigenvalue weighted by molar-refractivity contribution is 0.0698. The van der Waals surface area contributed by atoms with Gasteiger partial charge in [0.05, 0.1) is 6.20 Å². The highest BCUT2D eigenvalue weighted by Gasteiger charge is 2.15. The number of nitrogens with two attached hydrogens (primary N) is 1. The zero-order valence-electron chi connectivity index (χ0n) is 8.58. The van der Waals surface area contributed by atoms with E-state index in [-0.39, 0.29) is 11.4 Å². The van der Waals surface area contributed by atoms with Crippen molar-refractivity contribution < 1.29 is 9.90 Å². The number of hydrogen-bond acceptors (Lipinski definition) is 4. The molecule has 0 atom stereocenters. The fourth-order valence-corrected chi connectivity index (χ4v) is 1.34. The topological polar surface area (TPSA) is 94.0 Å². The van der Waals surface area contributed by atoms with Gasteiger partial charge in [-0.1, -0.05) is 0 Å². The quantitative estimate of drug-likeness (QED) is 0.779. The molecule has 3 N–H and O–H groups in total. The number of rotatable bonds is 2. The second-order valence-corrected chi connectivity index (χ2v) is 3.35. The first-order chi connectivity index (χ1) is 7.59. The first-order valence-electron chi connectivity index (χ1n) is 4.59. The third-order valence-corrected chi connectivity index (χ3v) is 2.15. The van der Waals surface area contributed by atoms with Crippen LogP contribution in [-0.2, 0) is 0 Å². The molecule has 2 aromatic heterocycles. The monoisotopic (exact) mass is 218 g/mol. The van der Waals surface area contributed by atoms with E-state index in [1.807, 2.05) is 13.0 Å². The number of anilines is 1. The van der Waals surface area contributed by atoms with Gasteiger partial charge in [-0.05, 0) is 24.6 Å². The van der Waals surface area contributed by atoms with E-state index in [4.69, 9.17) is 10.8 Å². The summed E-state index contributed by atoms with van der Waals surface area (Å²) in [6, 6.07) is 3.61. The highest BCUT2D eigenvalue weighted by Crippen LogP contribution is 2.15. The molecule has 2 aromatic rings.